The van der Waals surface area contributed by atoms with Crippen LogP contribution >= 0.6 is 7.82 Å². The average Bonchev–Trinajstić information content (AvgIpc) is 3.18. The molecule has 13 nitrogen and oxygen atoms in total. The summed E-state index contributed by atoms with van der Waals surface area (Å²) < 4.78 is 33.5. The van der Waals surface area contributed by atoms with Gasteiger partial charge in [0.15, 0.2) is 6.10 Å². The number of phosphoric acid groups is 1. The third-order valence-corrected chi connectivity index (χ3v) is 11.7. The van der Waals surface area contributed by atoms with Crippen molar-refractivity contribution in [2.24, 2.45) is 0 Å². The number of carbonyl (C=O) groups excluding carboxylic acids is 2. The van der Waals surface area contributed by atoms with Crippen molar-refractivity contribution < 1.29 is 63.1 Å². The number of rotatable bonds is 37. The molecule has 0 bridgehead atoms. The molecule has 0 saturated heterocycles. The molecule has 6 N–H and O–H groups in total. The summed E-state index contributed by atoms with van der Waals surface area (Å²) in [6.45, 7) is 3.30. The number of hydrogen-bond acceptors (Lipinski definition) is 12. The zero-order valence-electron chi connectivity index (χ0n) is 34.9. The fourth-order valence-electron chi connectivity index (χ4n) is 7.05. The number of hydrogen-bond donors (Lipinski definition) is 6. The molecule has 0 spiro atoms. The van der Waals surface area contributed by atoms with E-state index >= 15 is 0 Å². The van der Waals surface area contributed by atoms with E-state index in [0.29, 0.717) is 12.8 Å². The van der Waals surface area contributed by atoms with Gasteiger partial charge in [-0.2, -0.15) is 0 Å². The van der Waals surface area contributed by atoms with Gasteiger partial charge in [0, 0.05) is 12.8 Å². The van der Waals surface area contributed by atoms with Crippen LogP contribution in [0.4, 0.5) is 0 Å². The van der Waals surface area contributed by atoms with E-state index in [-0.39, 0.29) is 12.8 Å². The van der Waals surface area contributed by atoms with Gasteiger partial charge >= 0.3 is 19.8 Å². The highest BCUT2D eigenvalue weighted by atomic mass is 31.2. The Balaban J connectivity index is 2.46. The zero-order chi connectivity index (χ0) is 41.4. The van der Waals surface area contributed by atoms with Gasteiger partial charge in [-0.3, -0.25) is 18.6 Å². The summed E-state index contributed by atoms with van der Waals surface area (Å²) in [5.74, 6) is -1.09. The lowest BCUT2D eigenvalue weighted by atomic mass is 9.85. The maximum absolute atomic E-state index is 12.8. The quantitative estimate of drug-likeness (QED) is 0.0199. The van der Waals surface area contributed by atoms with Gasteiger partial charge in [0.1, 0.15) is 43.2 Å². The maximum Gasteiger partial charge on any atom is 0.472 e. The van der Waals surface area contributed by atoms with Crippen molar-refractivity contribution in [3.63, 3.8) is 0 Å². The van der Waals surface area contributed by atoms with Crippen molar-refractivity contribution in [3.8, 4) is 0 Å². The van der Waals surface area contributed by atoms with E-state index < -0.39 is 75.7 Å². The van der Waals surface area contributed by atoms with E-state index in [4.69, 9.17) is 18.5 Å². The predicted molar refractivity (Wildman–Crippen MR) is 217 cm³/mol. The lowest BCUT2D eigenvalue weighted by Gasteiger charge is -2.41. The van der Waals surface area contributed by atoms with E-state index in [9.17, 15) is 44.6 Å². The number of unbranched alkanes of at least 4 members (excludes halogenated alkanes) is 25. The number of esters is 2. The second kappa shape index (κ2) is 33.7. The Morgan fingerprint density at radius 1 is 0.482 bits per heavy atom. The Bertz CT molecular complexity index is 1000. The monoisotopic (exact) mass is 825 g/mol. The van der Waals surface area contributed by atoms with E-state index in [1.807, 2.05) is 0 Å². The summed E-state index contributed by atoms with van der Waals surface area (Å²) >= 11 is 0. The van der Waals surface area contributed by atoms with Gasteiger partial charge in [0.25, 0.3) is 0 Å². The summed E-state index contributed by atoms with van der Waals surface area (Å²) in [7, 11) is -5.11. The fraction of sp³-hybridized carbons (Fsp3) is 0.952. The van der Waals surface area contributed by atoms with Crippen LogP contribution in [0.15, 0.2) is 0 Å². The molecule has 0 aromatic carbocycles. The minimum Gasteiger partial charge on any atom is -0.462 e. The molecule has 1 saturated carbocycles. The Morgan fingerprint density at radius 2 is 0.804 bits per heavy atom. The van der Waals surface area contributed by atoms with Crippen molar-refractivity contribution in [2.75, 3.05) is 13.2 Å². The summed E-state index contributed by atoms with van der Waals surface area (Å²) in [5, 5.41) is 50.0. The first-order valence-corrected chi connectivity index (χ1v) is 23.8. The first-order chi connectivity index (χ1) is 26.9. The molecule has 1 aliphatic rings. The molecule has 1 rings (SSSR count). The van der Waals surface area contributed by atoms with Gasteiger partial charge in [-0.1, -0.05) is 174 Å². The van der Waals surface area contributed by atoms with Crippen molar-refractivity contribution in [1.82, 2.24) is 0 Å². The van der Waals surface area contributed by atoms with Gasteiger partial charge in [0.05, 0.1) is 6.61 Å². The smallest absolute Gasteiger partial charge is 0.462 e. The number of phosphoric ester groups is 1. The normalized spacial score (nSPS) is 22.8. The molecule has 332 valence electrons. The third-order valence-electron chi connectivity index (χ3n) is 10.7. The number of aliphatic hydroxyl groups excluding tert-OH is 5. The highest BCUT2D eigenvalue weighted by Gasteiger charge is 2.51. The van der Waals surface area contributed by atoms with Crippen LogP contribution in [0.25, 0.3) is 0 Å². The molecule has 0 amide bonds. The summed E-state index contributed by atoms with van der Waals surface area (Å²) in [6.07, 6.45) is 18.8. The average molecular weight is 825 g/mol. The molecule has 0 aromatic heterocycles. The van der Waals surface area contributed by atoms with Crippen LogP contribution < -0.4 is 0 Å². The van der Waals surface area contributed by atoms with Crippen LogP contribution in [0.2, 0.25) is 0 Å². The summed E-state index contributed by atoms with van der Waals surface area (Å²) in [4.78, 5) is 35.6. The van der Waals surface area contributed by atoms with Crippen molar-refractivity contribution >= 4 is 19.8 Å². The predicted octanol–water partition coefficient (Wildman–Crippen LogP) is 8.11. The largest absolute Gasteiger partial charge is 0.472 e. The molecule has 6 unspecified atom stereocenters. The number of carbonyl (C=O) groups is 2. The molecule has 1 fully saturated rings. The first kappa shape index (κ1) is 52.9. The lowest BCUT2D eigenvalue weighted by Crippen LogP contribution is -2.64. The van der Waals surface area contributed by atoms with E-state index in [1.165, 1.54) is 122 Å². The third kappa shape index (κ3) is 26.1. The fourth-order valence-corrected chi connectivity index (χ4v) is 8.03. The molecule has 1 aliphatic carbocycles. The Hall–Kier alpha value is -1.15. The Morgan fingerprint density at radius 3 is 1.18 bits per heavy atom. The first-order valence-electron chi connectivity index (χ1n) is 22.3. The molecule has 56 heavy (non-hydrogen) atoms. The summed E-state index contributed by atoms with van der Waals surface area (Å²) in [6, 6.07) is 0. The maximum atomic E-state index is 12.8. The van der Waals surface area contributed by atoms with Gasteiger partial charge in [0.2, 0.25) is 0 Å². The molecule has 0 aromatic rings. The summed E-state index contributed by atoms with van der Waals surface area (Å²) in [5.41, 5.74) is 0. The van der Waals surface area contributed by atoms with E-state index in [0.717, 1.165) is 38.5 Å². The number of aliphatic hydroxyl groups is 5. The van der Waals surface area contributed by atoms with Crippen LogP contribution in [0, 0.1) is 0 Å². The second-order valence-corrected chi connectivity index (χ2v) is 17.3. The Labute approximate surface area is 338 Å². The molecule has 0 aliphatic heterocycles. The SMILES string of the molecule is CCCCCCCCCCCCCCCCCC(=O)O[C@H](COC(=O)CCCCCCCCCCCCCC)COP(=O)(O)OC1C(O)C(O)C(O)[C@@H](O)C1O. The standard InChI is InChI=1S/C42H81O13P/c1-3-5-7-9-11-13-15-17-18-19-21-23-25-27-29-31-36(44)54-34(32-52-35(43)30-28-26-24-22-20-16-14-12-10-8-6-4-2)33-53-56(50,51)55-42-40(48)38(46)37(45)39(47)41(42)49/h34,37-42,45-49H,3-33H2,1-2H3,(H,50,51)/t34-,37?,38-,39?,40?,41?,42?/m1/s1. The molecule has 0 heterocycles. The molecular formula is C42H81O13P. The molecule has 8 atom stereocenters. The molecular weight excluding hydrogens is 743 g/mol. The minimum atomic E-state index is -5.11. The van der Waals surface area contributed by atoms with Crippen LogP contribution in [0.5, 0.6) is 0 Å². The zero-order valence-corrected chi connectivity index (χ0v) is 35.8. The van der Waals surface area contributed by atoms with Gasteiger partial charge < -0.3 is 39.9 Å². The van der Waals surface area contributed by atoms with E-state index in [2.05, 4.69) is 13.8 Å². The topological polar surface area (TPSA) is 210 Å². The molecule has 14 heteroatoms. The van der Waals surface area contributed by atoms with Crippen LogP contribution in [-0.2, 0) is 32.7 Å². The van der Waals surface area contributed by atoms with Gasteiger partial charge in [-0.05, 0) is 12.8 Å². The van der Waals surface area contributed by atoms with Crippen molar-refractivity contribution in [2.45, 2.75) is 243 Å². The highest BCUT2D eigenvalue weighted by molar-refractivity contribution is 7.47. The van der Waals surface area contributed by atoms with Crippen LogP contribution in [-0.4, -0.2) is 98.3 Å². The minimum absolute atomic E-state index is 0.105. The van der Waals surface area contributed by atoms with Crippen LogP contribution in [0.3, 0.4) is 0 Å². The highest BCUT2D eigenvalue weighted by Crippen LogP contribution is 2.47. The van der Waals surface area contributed by atoms with Crippen molar-refractivity contribution in [1.29, 1.82) is 0 Å². The van der Waals surface area contributed by atoms with Crippen LogP contribution in [0.1, 0.15) is 200 Å². The van der Waals surface area contributed by atoms with Gasteiger partial charge in [-0.15, -0.1) is 0 Å². The van der Waals surface area contributed by atoms with Gasteiger partial charge in [-0.25, -0.2) is 4.57 Å². The Kier molecular flexibility index (Phi) is 31.8. The second-order valence-electron chi connectivity index (χ2n) is 15.9. The van der Waals surface area contributed by atoms with Crippen molar-refractivity contribution in [3.05, 3.63) is 0 Å². The molecule has 0 radical (unpaired) electrons. The van der Waals surface area contributed by atoms with E-state index in [1.54, 1.807) is 0 Å². The number of ether oxygens (including phenoxy) is 2. The lowest BCUT2D eigenvalue weighted by molar-refractivity contribution is -0.220.